The van der Waals surface area contributed by atoms with Gasteiger partial charge >= 0.3 is 0 Å². The number of ether oxygens (including phenoxy) is 1. The summed E-state index contributed by atoms with van der Waals surface area (Å²) in [5.41, 5.74) is 2.11. The standard InChI is InChI=1S/C14H20N2O3S/c1-10(14-3-2-8-19-14)16-20(17,18)12-5-4-11-6-7-15-13(11)9-12/h4-5,9-10,14-16H,2-3,6-8H2,1H3. The number of nitrogens with one attached hydrogen (secondary N) is 2. The fourth-order valence-corrected chi connectivity index (χ4v) is 4.12. The van der Waals surface area contributed by atoms with Gasteiger partial charge in [-0.2, -0.15) is 0 Å². The largest absolute Gasteiger partial charge is 0.384 e. The van der Waals surface area contributed by atoms with Gasteiger partial charge < -0.3 is 10.1 Å². The molecule has 2 N–H and O–H groups in total. The van der Waals surface area contributed by atoms with E-state index < -0.39 is 10.0 Å². The fraction of sp³-hybridized carbons (Fsp3) is 0.571. The zero-order valence-corrected chi connectivity index (χ0v) is 12.4. The van der Waals surface area contributed by atoms with Crippen molar-refractivity contribution in [3.05, 3.63) is 23.8 Å². The molecule has 0 aliphatic carbocycles. The van der Waals surface area contributed by atoms with Crippen LogP contribution in [0.3, 0.4) is 0 Å². The first-order valence-corrected chi connectivity index (χ1v) is 8.55. The fourth-order valence-electron chi connectivity index (χ4n) is 2.82. The topological polar surface area (TPSA) is 67.4 Å². The smallest absolute Gasteiger partial charge is 0.240 e. The van der Waals surface area contributed by atoms with E-state index in [1.165, 1.54) is 5.56 Å². The maximum atomic E-state index is 12.4. The molecule has 5 nitrogen and oxygen atoms in total. The lowest BCUT2D eigenvalue weighted by Gasteiger charge is -2.20. The summed E-state index contributed by atoms with van der Waals surface area (Å²) in [6.45, 7) is 3.46. The van der Waals surface area contributed by atoms with Crippen LogP contribution in [0.15, 0.2) is 23.1 Å². The molecule has 0 amide bonds. The van der Waals surface area contributed by atoms with Gasteiger partial charge in [0.25, 0.3) is 0 Å². The first-order chi connectivity index (χ1) is 9.56. The molecule has 2 unspecified atom stereocenters. The van der Waals surface area contributed by atoms with Crippen molar-refractivity contribution in [2.45, 2.75) is 43.2 Å². The number of rotatable bonds is 4. The second-order valence-corrected chi connectivity index (χ2v) is 7.17. The Kier molecular flexibility index (Phi) is 3.70. The molecular formula is C14H20N2O3S. The highest BCUT2D eigenvalue weighted by atomic mass is 32.2. The van der Waals surface area contributed by atoms with E-state index in [-0.39, 0.29) is 12.1 Å². The Morgan fingerprint density at radius 2 is 2.30 bits per heavy atom. The molecule has 6 heteroatoms. The van der Waals surface area contributed by atoms with Gasteiger partial charge in [-0.05, 0) is 43.9 Å². The Hall–Kier alpha value is -1.11. The molecule has 1 aromatic carbocycles. The number of benzene rings is 1. The van der Waals surface area contributed by atoms with Crippen molar-refractivity contribution in [2.75, 3.05) is 18.5 Å². The molecule has 2 aliphatic heterocycles. The van der Waals surface area contributed by atoms with Gasteiger partial charge in [0, 0.05) is 24.9 Å². The summed E-state index contributed by atoms with van der Waals surface area (Å²) in [7, 11) is -3.49. The van der Waals surface area contributed by atoms with Gasteiger partial charge in [0.05, 0.1) is 11.0 Å². The normalized spacial score (nSPS) is 23.4. The third kappa shape index (κ3) is 2.68. The third-order valence-corrected chi connectivity index (χ3v) is 5.52. The van der Waals surface area contributed by atoms with Gasteiger partial charge in [0.15, 0.2) is 0 Å². The lowest BCUT2D eigenvalue weighted by Crippen LogP contribution is -2.40. The number of sulfonamides is 1. The molecule has 0 saturated carbocycles. The van der Waals surface area contributed by atoms with Gasteiger partial charge in [0.2, 0.25) is 10.0 Å². The van der Waals surface area contributed by atoms with Crippen molar-refractivity contribution < 1.29 is 13.2 Å². The molecule has 3 rings (SSSR count). The van der Waals surface area contributed by atoms with E-state index in [1.807, 2.05) is 13.0 Å². The van der Waals surface area contributed by atoms with Crippen molar-refractivity contribution in [3.63, 3.8) is 0 Å². The van der Waals surface area contributed by atoms with E-state index >= 15 is 0 Å². The monoisotopic (exact) mass is 296 g/mol. The number of anilines is 1. The van der Waals surface area contributed by atoms with Crippen LogP contribution < -0.4 is 10.0 Å². The summed E-state index contributed by atoms with van der Waals surface area (Å²) in [4.78, 5) is 0.315. The van der Waals surface area contributed by atoms with E-state index in [0.29, 0.717) is 4.90 Å². The van der Waals surface area contributed by atoms with Crippen LogP contribution in [0, 0.1) is 0 Å². The molecule has 0 radical (unpaired) electrons. The molecule has 20 heavy (non-hydrogen) atoms. The molecular weight excluding hydrogens is 276 g/mol. The predicted octanol–water partition coefficient (Wildman–Crippen LogP) is 1.50. The molecule has 110 valence electrons. The van der Waals surface area contributed by atoms with E-state index in [1.54, 1.807) is 12.1 Å². The van der Waals surface area contributed by atoms with Gasteiger partial charge in [-0.3, -0.25) is 0 Å². The average Bonchev–Trinajstić information content (AvgIpc) is 3.08. The van der Waals surface area contributed by atoms with E-state index in [2.05, 4.69) is 10.0 Å². The van der Waals surface area contributed by atoms with Gasteiger partial charge in [-0.15, -0.1) is 0 Å². The highest BCUT2D eigenvalue weighted by molar-refractivity contribution is 7.89. The Morgan fingerprint density at radius 1 is 1.45 bits per heavy atom. The highest BCUT2D eigenvalue weighted by Gasteiger charge is 2.27. The lowest BCUT2D eigenvalue weighted by molar-refractivity contribution is 0.0902. The van der Waals surface area contributed by atoms with Crippen molar-refractivity contribution in [2.24, 2.45) is 0 Å². The maximum Gasteiger partial charge on any atom is 0.240 e. The molecule has 2 atom stereocenters. The van der Waals surface area contributed by atoms with Crippen LogP contribution in [-0.2, 0) is 21.2 Å². The summed E-state index contributed by atoms with van der Waals surface area (Å²) >= 11 is 0. The van der Waals surface area contributed by atoms with Gasteiger partial charge in [-0.25, -0.2) is 13.1 Å². The second kappa shape index (κ2) is 5.35. The Bertz CT molecular complexity index is 594. The third-order valence-electron chi connectivity index (χ3n) is 3.97. The van der Waals surface area contributed by atoms with E-state index in [0.717, 1.165) is 38.1 Å². The molecule has 0 aromatic heterocycles. The summed E-state index contributed by atoms with van der Waals surface area (Å²) in [5, 5.41) is 3.20. The highest BCUT2D eigenvalue weighted by Crippen LogP contribution is 2.26. The predicted molar refractivity (Wildman–Crippen MR) is 77.4 cm³/mol. The molecule has 1 aromatic rings. The first kappa shape index (κ1) is 13.9. The molecule has 2 aliphatic rings. The van der Waals surface area contributed by atoms with Crippen molar-refractivity contribution >= 4 is 15.7 Å². The van der Waals surface area contributed by atoms with E-state index in [9.17, 15) is 8.42 Å². The van der Waals surface area contributed by atoms with Crippen molar-refractivity contribution in [1.29, 1.82) is 0 Å². The van der Waals surface area contributed by atoms with Crippen LogP contribution in [0.2, 0.25) is 0 Å². The first-order valence-electron chi connectivity index (χ1n) is 7.07. The SMILES string of the molecule is CC(NS(=O)(=O)c1ccc2c(c1)NCC2)C1CCCO1. The minimum atomic E-state index is -3.49. The maximum absolute atomic E-state index is 12.4. The average molecular weight is 296 g/mol. The second-order valence-electron chi connectivity index (χ2n) is 5.46. The molecule has 1 saturated heterocycles. The van der Waals surface area contributed by atoms with Crippen LogP contribution >= 0.6 is 0 Å². The van der Waals surface area contributed by atoms with Gasteiger partial charge in [0.1, 0.15) is 0 Å². The molecule has 2 heterocycles. The lowest BCUT2D eigenvalue weighted by atomic mass is 10.1. The quantitative estimate of drug-likeness (QED) is 0.883. The van der Waals surface area contributed by atoms with E-state index in [4.69, 9.17) is 4.74 Å². The zero-order chi connectivity index (χ0) is 14.2. The number of hydrogen-bond donors (Lipinski definition) is 2. The Labute approximate surface area is 119 Å². The molecule has 1 fully saturated rings. The minimum absolute atomic E-state index is 0.0164. The summed E-state index contributed by atoms with van der Waals surface area (Å²) in [6, 6.07) is 5.08. The summed E-state index contributed by atoms with van der Waals surface area (Å²) < 4.78 is 33.1. The molecule has 0 spiro atoms. The summed E-state index contributed by atoms with van der Waals surface area (Å²) in [5.74, 6) is 0. The Balaban J connectivity index is 1.77. The van der Waals surface area contributed by atoms with Gasteiger partial charge in [-0.1, -0.05) is 6.07 Å². The molecule has 0 bridgehead atoms. The van der Waals surface area contributed by atoms with Crippen LogP contribution in [0.4, 0.5) is 5.69 Å². The minimum Gasteiger partial charge on any atom is -0.384 e. The van der Waals surface area contributed by atoms with Crippen LogP contribution in [-0.4, -0.2) is 33.7 Å². The van der Waals surface area contributed by atoms with Crippen molar-refractivity contribution in [1.82, 2.24) is 4.72 Å². The number of fused-ring (bicyclic) bond motifs is 1. The van der Waals surface area contributed by atoms with Crippen LogP contribution in [0.5, 0.6) is 0 Å². The van der Waals surface area contributed by atoms with Crippen LogP contribution in [0.25, 0.3) is 0 Å². The number of hydrogen-bond acceptors (Lipinski definition) is 4. The zero-order valence-electron chi connectivity index (χ0n) is 11.6. The summed E-state index contributed by atoms with van der Waals surface area (Å²) in [6.07, 6.45) is 2.85. The van der Waals surface area contributed by atoms with Crippen molar-refractivity contribution in [3.8, 4) is 0 Å². The Morgan fingerprint density at radius 3 is 3.05 bits per heavy atom. The van der Waals surface area contributed by atoms with Crippen LogP contribution in [0.1, 0.15) is 25.3 Å².